The summed E-state index contributed by atoms with van der Waals surface area (Å²) < 4.78 is 11.4. The molecule has 1 saturated heterocycles. The molecule has 1 amide bonds. The van der Waals surface area contributed by atoms with Gasteiger partial charge in [-0.25, -0.2) is 4.99 Å². The highest BCUT2D eigenvalue weighted by molar-refractivity contribution is 8.18. The van der Waals surface area contributed by atoms with Crippen LogP contribution >= 0.6 is 11.8 Å². The van der Waals surface area contributed by atoms with Crippen LogP contribution in [-0.2, 0) is 11.4 Å². The molecule has 0 spiro atoms. The number of nitrogens with zero attached hydrogens (tertiary/aromatic N) is 1. The fraction of sp³-hybridized carbons (Fsp3) is 0.0833. The maximum Gasteiger partial charge on any atom is 0.264 e. The number of para-hydroxylation sites is 1. The number of carbonyl (C=O) groups is 1. The SMILES string of the molecule is COc1ccc(/C=C2/SC(=Nc3ccccc3)NC2=O)cc1OCc1ccccc1. The van der Waals surface area contributed by atoms with Gasteiger partial charge in [0, 0.05) is 0 Å². The van der Waals surface area contributed by atoms with E-state index in [2.05, 4.69) is 10.3 Å². The first-order chi connectivity index (χ1) is 14.7. The smallest absolute Gasteiger partial charge is 0.264 e. The quantitative estimate of drug-likeness (QED) is 0.564. The highest BCUT2D eigenvalue weighted by Gasteiger charge is 2.24. The first-order valence-electron chi connectivity index (χ1n) is 9.41. The Labute approximate surface area is 179 Å². The standard InChI is InChI=1S/C24H20N2O3S/c1-28-20-13-12-18(14-21(20)29-16-17-8-4-2-5-9-17)15-22-23(27)26-24(30-22)25-19-10-6-3-7-11-19/h2-15H,16H2,1H3,(H,25,26,27)/b22-15+. The van der Waals surface area contributed by atoms with Crippen LogP contribution in [0.4, 0.5) is 5.69 Å². The van der Waals surface area contributed by atoms with Gasteiger partial charge < -0.3 is 14.8 Å². The lowest BCUT2D eigenvalue weighted by Gasteiger charge is -2.11. The Morgan fingerprint density at radius 1 is 0.967 bits per heavy atom. The highest BCUT2D eigenvalue weighted by atomic mass is 32.2. The number of methoxy groups -OCH3 is 1. The summed E-state index contributed by atoms with van der Waals surface area (Å²) in [7, 11) is 1.61. The summed E-state index contributed by atoms with van der Waals surface area (Å²) in [6, 6.07) is 25.0. The Hall–Kier alpha value is -3.51. The molecule has 5 nitrogen and oxygen atoms in total. The molecule has 150 valence electrons. The van der Waals surface area contributed by atoms with Crippen LogP contribution in [0.5, 0.6) is 11.5 Å². The first-order valence-corrected chi connectivity index (χ1v) is 10.2. The normalized spacial score (nSPS) is 16.0. The third-order valence-corrected chi connectivity index (χ3v) is 5.27. The molecule has 3 aromatic carbocycles. The molecule has 1 aliphatic rings. The fourth-order valence-electron chi connectivity index (χ4n) is 2.88. The number of aliphatic imine (C=N–C) groups is 1. The van der Waals surface area contributed by atoms with Gasteiger partial charge in [0.2, 0.25) is 0 Å². The van der Waals surface area contributed by atoms with Gasteiger partial charge in [-0.05, 0) is 53.2 Å². The van der Waals surface area contributed by atoms with Crippen molar-refractivity contribution >= 4 is 34.6 Å². The Kier molecular flexibility index (Phi) is 6.15. The second-order valence-corrected chi connectivity index (χ2v) is 7.53. The molecular weight excluding hydrogens is 396 g/mol. The zero-order chi connectivity index (χ0) is 20.8. The number of carbonyl (C=O) groups excluding carboxylic acids is 1. The predicted octanol–water partition coefficient (Wildman–Crippen LogP) is 5.17. The van der Waals surface area contributed by atoms with E-state index in [9.17, 15) is 4.79 Å². The van der Waals surface area contributed by atoms with Gasteiger partial charge in [0.1, 0.15) is 6.61 Å². The van der Waals surface area contributed by atoms with Crippen molar-refractivity contribution in [2.45, 2.75) is 6.61 Å². The minimum atomic E-state index is -0.169. The molecule has 0 saturated carbocycles. The van der Waals surface area contributed by atoms with Gasteiger partial charge in [0.05, 0.1) is 17.7 Å². The topological polar surface area (TPSA) is 59.9 Å². The molecule has 1 N–H and O–H groups in total. The number of hydrogen-bond donors (Lipinski definition) is 1. The van der Waals surface area contributed by atoms with E-state index in [1.807, 2.05) is 84.9 Å². The van der Waals surface area contributed by atoms with Crippen LogP contribution in [0.15, 0.2) is 88.8 Å². The van der Waals surface area contributed by atoms with Gasteiger partial charge in [0.15, 0.2) is 16.7 Å². The molecule has 1 fully saturated rings. The Balaban J connectivity index is 1.53. The van der Waals surface area contributed by atoms with Crippen molar-refractivity contribution in [2.24, 2.45) is 4.99 Å². The van der Waals surface area contributed by atoms with Gasteiger partial charge in [-0.1, -0.05) is 54.6 Å². The molecule has 30 heavy (non-hydrogen) atoms. The number of hydrogen-bond acceptors (Lipinski definition) is 5. The lowest BCUT2D eigenvalue weighted by molar-refractivity contribution is -0.115. The minimum absolute atomic E-state index is 0.169. The molecule has 0 unspecified atom stereocenters. The number of amidine groups is 1. The van der Waals surface area contributed by atoms with Crippen LogP contribution in [0.2, 0.25) is 0 Å². The summed E-state index contributed by atoms with van der Waals surface area (Å²) >= 11 is 1.31. The van der Waals surface area contributed by atoms with Crippen LogP contribution in [0.25, 0.3) is 6.08 Å². The minimum Gasteiger partial charge on any atom is -0.493 e. The molecule has 1 heterocycles. The van der Waals surface area contributed by atoms with Crippen molar-refractivity contribution in [1.82, 2.24) is 5.32 Å². The second-order valence-electron chi connectivity index (χ2n) is 6.50. The first kappa shape index (κ1) is 19.8. The average Bonchev–Trinajstić information content (AvgIpc) is 3.12. The number of rotatable bonds is 6. The van der Waals surface area contributed by atoms with Gasteiger partial charge in [-0.3, -0.25) is 4.79 Å². The number of thioether (sulfide) groups is 1. The second kappa shape index (κ2) is 9.33. The number of nitrogens with one attached hydrogen (secondary N) is 1. The third-order valence-electron chi connectivity index (χ3n) is 4.36. The van der Waals surface area contributed by atoms with E-state index in [-0.39, 0.29) is 5.91 Å². The van der Waals surface area contributed by atoms with Crippen LogP contribution < -0.4 is 14.8 Å². The molecule has 0 aliphatic carbocycles. The summed E-state index contributed by atoms with van der Waals surface area (Å²) in [5, 5.41) is 3.37. The monoisotopic (exact) mass is 416 g/mol. The number of benzene rings is 3. The maximum atomic E-state index is 12.4. The molecule has 3 aromatic rings. The van der Waals surface area contributed by atoms with E-state index in [0.29, 0.717) is 28.2 Å². The van der Waals surface area contributed by atoms with Crippen molar-refractivity contribution in [1.29, 1.82) is 0 Å². The number of ether oxygens (including phenoxy) is 2. The molecule has 0 aromatic heterocycles. The van der Waals surface area contributed by atoms with E-state index >= 15 is 0 Å². The summed E-state index contributed by atoms with van der Waals surface area (Å²) in [5.74, 6) is 1.09. The highest BCUT2D eigenvalue weighted by Crippen LogP contribution is 2.32. The van der Waals surface area contributed by atoms with Crippen LogP contribution in [0.1, 0.15) is 11.1 Å². The average molecular weight is 417 g/mol. The number of amides is 1. The molecular formula is C24H20N2O3S. The summed E-state index contributed by atoms with van der Waals surface area (Å²) in [5.41, 5.74) is 2.70. The van der Waals surface area contributed by atoms with Crippen LogP contribution in [0, 0.1) is 0 Å². The predicted molar refractivity (Wildman–Crippen MR) is 121 cm³/mol. The van der Waals surface area contributed by atoms with E-state index in [4.69, 9.17) is 9.47 Å². The zero-order valence-corrected chi connectivity index (χ0v) is 17.2. The molecule has 0 bridgehead atoms. The van der Waals surface area contributed by atoms with Gasteiger partial charge in [0.25, 0.3) is 5.91 Å². The van der Waals surface area contributed by atoms with Gasteiger partial charge in [-0.2, -0.15) is 0 Å². The van der Waals surface area contributed by atoms with E-state index in [0.717, 1.165) is 16.8 Å². The summed E-state index contributed by atoms with van der Waals surface area (Å²) in [6.45, 7) is 0.431. The van der Waals surface area contributed by atoms with Gasteiger partial charge in [-0.15, -0.1) is 0 Å². The van der Waals surface area contributed by atoms with Crippen molar-refractivity contribution in [2.75, 3.05) is 7.11 Å². The summed E-state index contributed by atoms with van der Waals surface area (Å²) in [6.07, 6.45) is 1.82. The molecule has 0 atom stereocenters. The van der Waals surface area contributed by atoms with Crippen molar-refractivity contribution in [3.05, 3.63) is 94.9 Å². The summed E-state index contributed by atoms with van der Waals surface area (Å²) in [4.78, 5) is 17.4. The van der Waals surface area contributed by atoms with E-state index in [1.54, 1.807) is 7.11 Å². The van der Waals surface area contributed by atoms with Crippen molar-refractivity contribution in [3.63, 3.8) is 0 Å². The van der Waals surface area contributed by atoms with Gasteiger partial charge >= 0.3 is 0 Å². The Morgan fingerprint density at radius 2 is 1.70 bits per heavy atom. The van der Waals surface area contributed by atoms with E-state index in [1.165, 1.54) is 11.8 Å². The molecule has 6 heteroatoms. The van der Waals surface area contributed by atoms with Crippen molar-refractivity contribution < 1.29 is 14.3 Å². The molecule has 1 aliphatic heterocycles. The largest absolute Gasteiger partial charge is 0.493 e. The lowest BCUT2D eigenvalue weighted by Crippen LogP contribution is -2.19. The van der Waals surface area contributed by atoms with E-state index < -0.39 is 0 Å². The zero-order valence-electron chi connectivity index (χ0n) is 16.4. The van der Waals surface area contributed by atoms with Crippen LogP contribution in [0.3, 0.4) is 0 Å². The lowest BCUT2D eigenvalue weighted by atomic mass is 10.2. The van der Waals surface area contributed by atoms with Crippen molar-refractivity contribution in [3.8, 4) is 11.5 Å². The Bertz CT molecular complexity index is 1100. The fourth-order valence-corrected chi connectivity index (χ4v) is 3.72. The van der Waals surface area contributed by atoms with Crippen LogP contribution in [-0.4, -0.2) is 18.2 Å². The third kappa shape index (κ3) is 4.90. The molecule has 0 radical (unpaired) electrons. The molecule has 4 rings (SSSR count). The Morgan fingerprint density at radius 3 is 2.43 bits per heavy atom. The maximum absolute atomic E-state index is 12.4.